The van der Waals surface area contributed by atoms with Gasteiger partial charge in [0, 0.05) is 22.7 Å². The van der Waals surface area contributed by atoms with Crippen LogP contribution in [0.4, 0.5) is 8.78 Å². The monoisotopic (exact) mass is 312 g/mol. The van der Waals surface area contributed by atoms with Gasteiger partial charge >= 0.3 is 0 Å². The van der Waals surface area contributed by atoms with Crippen LogP contribution in [0.2, 0.25) is 0 Å². The van der Waals surface area contributed by atoms with Crippen LogP contribution in [0.1, 0.15) is 10.4 Å². The molecule has 2 aromatic rings. The Labute approximate surface area is 110 Å². The number of benzene rings is 2. The van der Waals surface area contributed by atoms with E-state index in [0.717, 1.165) is 18.2 Å². The lowest BCUT2D eigenvalue weighted by atomic mass is 10.2. The van der Waals surface area contributed by atoms with Crippen LogP contribution >= 0.6 is 15.9 Å². The van der Waals surface area contributed by atoms with E-state index in [4.69, 9.17) is 4.74 Å². The van der Waals surface area contributed by atoms with Gasteiger partial charge in [-0.05, 0) is 28.1 Å². The molecule has 0 saturated carbocycles. The molecule has 0 atom stereocenters. The minimum atomic E-state index is -0.743. The Bertz CT molecular complexity index is 579. The van der Waals surface area contributed by atoms with Gasteiger partial charge in [-0.2, -0.15) is 0 Å². The number of hydrogen-bond acceptors (Lipinski definition) is 2. The Morgan fingerprint density at radius 2 is 1.78 bits per heavy atom. The average molecular weight is 313 g/mol. The second-order valence-corrected chi connectivity index (χ2v) is 4.33. The number of aldehydes is 1. The molecule has 0 N–H and O–H groups in total. The quantitative estimate of drug-likeness (QED) is 0.788. The number of hydrogen-bond donors (Lipinski definition) is 0. The van der Waals surface area contributed by atoms with E-state index in [2.05, 4.69) is 15.9 Å². The molecule has 0 radical (unpaired) electrons. The molecule has 0 aliphatic heterocycles. The van der Waals surface area contributed by atoms with Crippen molar-refractivity contribution in [2.45, 2.75) is 0 Å². The van der Waals surface area contributed by atoms with Crippen LogP contribution in [0.15, 0.2) is 40.9 Å². The number of rotatable bonds is 3. The predicted octanol–water partition coefficient (Wildman–Crippen LogP) is 4.33. The van der Waals surface area contributed by atoms with Gasteiger partial charge in [-0.15, -0.1) is 0 Å². The Balaban J connectivity index is 2.39. The summed E-state index contributed by atoms with van der Waals surface area (Å²) < 4.78 is 31.8. The first-order valence-corrected chi connectivity index (χ1v) is 5.77. The van der Waals surface area contributed by atoms with E-state index in [-0.39, 0.29) is 17.1 Å². The lowest BCUT2D eigenvalue weighted by Gasteiger charge is -2.09. The smallest absolute Gasteiger partial charge is 0.154 e. The van der Waals surface area contributed by atoms with E-state index >= 15 is 0 Å². The van der Waals surface area contributed by atoms with Crippen LogP contribution in [0.25, 0.3) is 0 Å². The summed E-state index contributed by atoms with van der Waals surface area (Å²) in [7, 11) is 0. The zero-order chi connectivity index (χ0) is 13.1. The van der Waals surface area contributed by atoms with Gasteiger partial charge < -0.3 is 4.74 Å². The molecular weight excluding hydrogens is 306 g/mol. The predicted molar refractivity (Wildman–Crippen MR) is 66.0 cm³/mol. The van der Waals surface area contributed by atoms with Crippen LogP contribution in [-0.4, -0.2) is 6.29 Å². The lowest BCUT2D eigenvalue weighted by Crippen LogP contribution is -1.92. The van der Waals surface area contributed by atoms with Crippen molar-refractivity contribution in [2.75, 3.05) is 0 Å². The summed E-state index contributed by atoms with van der Waals surface area (Å²) >= 11 is 3.19. The molecule has 2 rings (SSSR count). The molecule has 0 fully saturated rings. The molecule has 0 amide bonds. The largest absolute Gasteiger partial charge is 0.456 e. The van der Waals surface area contributed by atoms with E-state index < -0.39 is 11.6 Å². The third-order valence-corrected chi connectivity index (χ3v) is 2.89. The molecule has 5 heteroatoms. The summed E-state index contributed by atoms with van der Waals surface area (Å²) in [6.45, 7) is 0. The topological polar surface area (TPSA) is 26.3 Å². The second-order valence-electron chi connectivity index (χ2n) is 3.48. The number of halogens is 3. The first-order chi connectivity index (χ1) is 8.60. The van der Waals surface area contributed by atoms with Gasteiger partial charge in [0.05, 0.1) is 5.56 Å². The van der Waals surface area contributed by atoms with E-state index in [0.29, 0.717) is 10.8 Å². The summed E-state index contributed by atoms with van der Waals surface area (Å²) in [5.41, 5.74) is 0.280. The van der Waals surface area contributed by atoms with Crippen molar-refractivity contribution < 1.29 is 18.3 Å². The highest BCUT2D eigenvalue weighted by Gasteiger charge is 2.09. The van der Waals surface area contributed by atoms with Gasteiger partial charge in [0.25, 0.3) is 0 Å². The van der Waals surface area contributed by atoms with Crippen molar-refractivity contribution in [3.05, 3.63) is 58.1 Å². The van der Waals surface area contributed by atoms with Crippen LogP contribution < -0.4 is 4.74 Å². The Morgan fingerprint density at radius 1 is 1.11 bits per heavy atom. The van der Waals surface area contributed by atoms with E-state index in [1.165, 1.54) is 6.07 Å². The molecule has 0 bridgehead atoms. The number of carbonyl (C=O) groups is 1. The van der Waals surface area contributed by atoms with Crippen LogP contribution in [0.5, 0.6) is 11.5 Å². The summed E-state index contributed by atoms with van der Waals surface area (Å²) in [6.07, 6.45) is 0.606. The Kier molecular flexibility index (Phi) is 3.72. The van der Waals surface area contributed by atoms with Gasteiger partial charge in [-0.1, -0.05) is 6.07 Å². The molecular formula is C13H7BrF2O2. The summed E-state index contributed by atoms with van der Waals surface area (Å²) in [4.78, 5) is 10.9. The zero-order valence-corrected chi connectivity index (χ0v) is 10.6. The molecule has 0 spiro atoms. The van der Waals surface area contributed by atoms with Crippen molar-refractivity contribution in [1.29, 1.82) is 0 Å². The van der Waals surface area contributed by atoms with E-state index in [9.17, 15) is 13.6 Å². The highest BCUT2D eigenvalue weighted by molar-refractivity contribution is 9.10. The molecule has 2 nitrogen and oxygen atoms in total. The standard InChI is InChI=1S/C13H7BrF2O2/c14-12-2-1-3-13(11(12)7-17)18-10-5-8(15)4-9(16)6-10/h1-7H. The first-order valence-electron chi connectivity index (χ1n) is 4.98. The third-order valence-electron chi connectivity index (χ3n) is 2.19. The summed E-state index contributed by atoms with van der Waals surface area (Å²) in [5.74, 6) is -1.27. The van der Waals surface area contributed by atoms with Crippen LogP contribution in [0, 0.1) is 11.6 Å². The molecule has 0 unspecified atom stereocenters. The Hall–Kier alpha value is -1.75. The van der Waals surface area contributed by atoms with Crippen molar-refractivity contribution >= 4 is 22.2 Å². The summed E-state index contributed by atoms with van der Waals surface area (Å²) in [5, 5.41) is 0. The van der Waals surface area contributed by atoms with Crippen molar-refractivity contribution in [2.24, 2.45) is 0 Å². The minimum absolute atomic E-state index is 0.00583. The molecule has 0 heterocycles. The van der Waals surface area contributed by atoms with Gasteiger partial charge in [-0.3, -0.25) is 4.79 Å². The highest BCUT2D eigenvalue weighted by Crippen LogP contribution is 2.29. The fourth-order valence-corrected chi connectivity index (χ4v) is 1.88. The van der Waals surface area contributed by atoms with Crippen molar-refractivity contribution in [3.63, 3.8) is 0 Å². The van der Waals surface area contributed by atoms with E-state index in [1.807, 2.05) is 0 Å². The fourth-order valence-electron chi connectivity index (χ4n) is 1.44. The molecule has 0 aliphatic rings. The number of ether oxygens (including phenoxy) is 1. The van der Waals surface area contributed by atoms with Gasteiger partial charge in [0.1, 0.15) is 23.1 Å². The molecule has 92 valence electrons. The third kappa shape index (κ3) is 2.73. The summed E-state index contributed by atoms with van der Waals surface area (Å²) in [6, 6.07) is 7.69. The average Bonchev–Trinajstić information content (AvgIpc) is 2.27. The lowest BCUT2D eigenvalue weighted by molar-refractivity contribution is 0.112. The van der Waals surface area contributed by atoms with Crippen LogP contribution in [-0.2, 0) is 0 Å². The van der Waals surface area contributed by atoms with Gasteiger partial charge in [-0.25, -0.2) is 8.78 Å². The number of carbonyl (C=O) groups excluding carboxylic acids is 1. The van der Waals surface area contributed by atoms with E-state index in [1.54, 1.807) is 12.1 Å². The molecule has 0 aliphatic carbocycles. The highest BCUT2D eigenvalue weighted by atomic mass is 79.9. The SMILES string of the molecule is O=Cc1c(Br)cccc1Oc1cc(F)cc(F)c1. The minimum Gasteiger partial charge on any atom is -0.456 e. The van der Waals surface area contributed by atoms with Gasteiger partial charge in [0.15, 0.2) is 6.29 Å². The first kappa shape index (κ1) is 12.7. The fraction of sp³-hybridized carbons (Fsp3) is 0. The van der Waals surface area contributed by atoms with Crippen molar-refractivity contribution in [3.8, 4) is 11.5 Å². The maximum atomic E-state index is 13.0. The second kappa shape index (κ2) is 5.27. The van der Waals surface area contributed by atoms with Crippen LogP contribution in [0.3, 0.4) is 0 Å². The van der Waals surface area contributed by atoms with Crippen molar-refractivity contribution in [1.82, 2.24) is 0 Å². The molecule has 0 saturated heterocycles. The Morgan fingerprint density at radius 3 is 2.39 bits per heavy atom. The maximum absolute atomic E-state index is 13.0. The zero-order valence-electron chi connectivity index (χ0n) is 8.99. The molecule has 18 heavy (non-hydrogen) atoms. The normalized spacial score (nSPS) is 10.2. The molecule has 2 aromatic carbocycles. The molecule has 0 aromatic heterocycles. The van der Waals surface area contributed by atoms with Gasteiger partial charge in [0.2, 0.25) is 0 Å². The maximum Gasteiger partial charge on any atom is 0.154 e.